The maximum atomic E-state index is 7.40. The molecule has 0 saturated carbocycles. The summed E-state index contributed by atoms with van der Waals surface area (Å²) in [7, 11) is 0. The van der Waals surface area contributed by atoms with Crippen LogP contribution in [0.4, 0.5) is 0 Å². The van der Waals surface area contributed by atoms with Crippen molar-refractivity contribution >= 4 is 0 Å². The van der Waals surface area contributed by atoms with Crippen molar-refractivity contribution in [3.05, 3.63) is 12.6 Å². The van der Waals surface area contributed by atoms with Crippen LogP contribution < -0.4 is 5.32 Å². The molecule has 1 heteroatoms. The summed E-state index contributed by atoms with van der Waals surface area (Å²) in [6, 6.07) is 0. The Labute approximate surface area is 73.7 Å². The lowest BCUT2D eigenvalue weighted by molar-refractivity contribution is 0.255. The highest BCUT2D eigenvalue weighted by atomic mass is 14.8. The van der Waals surface area contributed by atoms with E-state index in [1.165, 1.54) is 6.55 Å². The molecule has 1 N–H and O–H groups in total. The maximum absolute atomic E-state index is 7.40. The van der Waals surface area contributed by atoms with Crippen LogP contribution in [0.1, 0.15) is 30.4 Å². The van der Waals surface area contributed by atoms with Crippen LogP contribution in [0.15, 0.2) is 12.6 Å². The summed E-state index contributed by atoms with van der Waals surface area (Å²) in [5.74, 6) is 0.381. The van der Waals surface area contributed by atoms with Gasteiger partial charge in [0.15, 0.2) is 0 Å². The molecule has 0 spiro atoms. The molecular formula is C10H21N. The predicted molar refractivity (Wildman–Crippen MR) is 51.7 cm³/mol. The standard InChI is InChI=1S/C10H21N/c1-6-7-11-8-9(2)10(3,4)5/h6,9,11H,1,7-8H2,2-5H3/i1D,2D. The van der Waals surface area contributed by atoms with Crippen molar-refractivity contribution < 1.29 is 2.74 Å². The molecule has 0 radical (unpaired) electrons. The lowest BCUT2D eigenvalue weighted by Crippen LogP contribution is -2.29. The molecule has 1 unspecified atom stereocenters. The Hall–Kier alpha value is -0.300. The first-order valence-electron chi connectivity index (χ1n) is 5.34. The van der Waals surface area contributed by atoms with Crippen molar-refractivity contribution in [2.75, 3.05) is 13.1 Å². The molecule has 0 aliphatic heterocycles. The van der Waals surface area contributed by atoms with E-state index in [9.17, 15) is 0 Å². The van der Waals surface area contributed by atoms with Crippen molar-refractivity contribution in [2.24, 2.45) is 11.3 Å². The highest BCUT2D eigenvalue weighted by molar-refractivity contribution is 4.75. The summed E-state index contributed by atoms with van der Waals surface area (Å²) in [5, 5.41) is 3.22. The predicted octanol–water partition coefficient (Wildman–Crippen LogP) is 2.44. The van der Waals surface area contributed by atoms with Crippen molar-refractivity contribution in [3.8, 4) is 0 Å². The average molecular weight is 157 g/mol. The topological polar surface area (TPSA) is 12.0 Å². The first-order chi connectivity index (χ1) is 6.02. The number of hydrogen-bond donors (Lipinski definition) is 1. The molecule has 0 saturated heterocycles. The van der Waals surface area contributed by atoms with Crippen molar-refractivity contribution in [1.29, 1.82) is 0 Å². The molecule has 11 heavy (non-hydrogen) atoms. The van der Waals surface area contributed by atoms with Gasteiger partial charge in [0.2, 0.25) is 0 Å². The van der Waals surface area contributed by atoms with Crippen molar-refractivity contribution in [3.63, 3.8) is 0 Å². The molecule has 0 fully saturated rings. The second-order valence-corrected chi connectivity index (χ2v) is 3.96. The van der Waals surface area contributed by atoms with E-state index in [1.54, 1.807) is 6.08 Å². The monoisotopic (exact) mass is 157 g/mol. The molecular weight excluding hydrogens is 134 g/mol. The van der Waals surface area contributed by atoms with E-state index in [4.69, 9.17) is 2.74 Å². The van der Waals surface area contributed by atoms with Gasteiger partial charge in [0.05, 0.1) is 1.37 Å². The van der Waals surface area contributed by atoms with E-state index in [-0.39, 0.29) is 5.41 Å². The highest BCUT2D eigenvalue weighted by Gasteiger charge is 2.18. The van der Waals surface area contributed by atoms with Crippen LogP contribution in [0, 0.1) is 11.3 Å². The quantitative estimate of drug-likeness (QED) is 0.488. The Morgan fingerprint density at radius 2 is 2.45 bits per heavy atom. The first-order valence-corrected chi connectivity index (χ1v) is 4.05. The minimum absolute atomic E-state index is 0.194. The zero-order valence-electron chi connectivity index (χ0n) is 9.85. The van der Waals surface area contributed by atoms with Gasteiger partial charge in [-0.3, -0.25) is 0 Å². The van der Waals surface area contributed by atoms with E-state index in [2.05, 4.69) is 26.1 Å². The van der Waals surface area contributed by atoms with Gasteiger partial charge in [-0.2, -0.15) is 0 Å². The second-order valence-electron chi connectivity index (χ2n) is 3.96. The summed E-state index contributed by atoms with van der Waals surface area (Å²) in [5.41, 5.74) is 0.194. The summed E-state index contributed by atoms with van der Waals surface area (Å²) < 4.78 is 14.2. The van der Waals surface area contributed by atoms with E-state index < -0.39 is 0 Å². The van der Waals surface area contributed by atoms with E-state index in [1.807, 2.05) is 0 Å². The molecule has 0 aliphatic rings. The SMILES string of the molecule is [2H]C=CCNCC(C[2H])C(C)(C)C. The molecule has 0 aromatic heterocycles. The third-order valence-corrected chi connectivity index (χ3v) is 1.88. The fraction of sp³-hybridized carbons (Fsp3) is 0.800. The van der Waals surface area contributed by atoms with E-state index in [0.29, 0.717) is 12.8 Å². The molecule has 0 heterocycles. The maximum Gasteiger partial charge on any atom is 0.0535 e. The zero-order valence-corrected chi connectivity index (χ0v) is 7.85. The number of hydrogen-bond acceptors (Lipinski definition) is 1. The Morgan fingerprint density at radius 1 is 1.73 bits per heavy atom. The molecule has 0 aromatic rings. The van der Waals surface area contributed by atoms with Crippen LogP contribution in [-0.4, -0.2) is 13.1 Å². The Morgan fingerprint density at radius 3 is 2.91 bits per heavy atom. The number of nitrogens with one attached hydrogen (secondary N) is 1. The molecule has 0 aromatic carbocycles. The largest absolute Gasteiger partial charge is 0.313 e. The Kier molecular flexibility index (Phi) is 3.04. The molecule has 0 amide bonds. The molecule has 66 valence electrons. The Bertz CT molecular complexity index is 149. The smallest absolute Gasteiger partial charge is 0.0535 e. The minimum Gasteiger partial charge on any atom is -0.313 e. The van der Waals surface area contributed by atoms with Gasteiger partial charge in [-0.1, -0.05) is 33.7 Å². The third kappa shape index (κ3) is 5.02. The van der Waals surface area contributed by atoms with Crippen LogP contribution in [-0.2, 0) is 0 Å². The normalized spacial score (nSPS) is 18.1. The lowest BCUT2D eigenvalue weighted by Gasteiger charge is -2.27. The van der Waals surface area contributed by atoms with E-state index >= 15 is 0 Å². The molecule has 1 nitrogen and oxygen atoms in total. The van der Waals surface area contributed by atoms with Gasteiger partial charge in [-0.25, -0.2) is 0 Å². The van der Waals surface area contributed by atoms with E-state index in [0.717, 1.165) is 13.1 Å². The Balaban J connectivity index is 3.73. The van der Waals surface area contributed by atoms with Crippen molar-refractivity contribution in [2.45, 2.75) is 27.7 Å². The van der Waals surface area contributed by atoms with Gasteiger partial charge in [-0.05, 0) is 17.9 Å². The van der Waals surface area contributed by atoms with Crippen LogP contribution >= 0.6 is 0 Å². The van der Waals surface area contributed by atoms with Crippen molar-refractivity contribution in [1.82, 2.24) is 5.32 Å². The van der Waals surface area contributed by atoms with Gasteiger partial charge in [0.25, 0.3) is 0 Å². The van der Waals surface area contributed by atoms with Crippen LogP contribution in [0.3, 0.4) is 0 Å². The molecule has 0 bridgehead atoms. The highest BCUT2D eigenvalue weighted by Crippen LogP contribution is 2.24. The first kappa shape index (κ1) is 7.35. The van der Waals surface area contributed by atoms with Crippen LogP contribution in [0.25, 0.3) is 0 Å². The molecule has 1 atom stereocenters. The molecule has 0 rings (SSSR count). The minimum atomic E-state index is 0.194. The van der Waals surface area contributed by atoms with Gasteiger partial charge < -0.3 is 5.32 Å². The van der Waals surface area contributed by atoms with Gasteiger partial charge in [-0.15, -0.1) is 6.55 Å². The lowest BCUT2D eigenvalue weighted by atomic mass is 9.82. The molecule has 0 aliphatic carbocycles. The summed E-state index contributed by atoms with van der Waals surface area (Å²) in [6.07, 6.45) is 1.77. The zero-order chi connectivity index (χ0) is 10.3. The summed E-state index contributed by atoms with van der Waals surface area (Å²) in [6.45, 7) is 9.82. The van der Waals surface area contributed by atoms with Crippen LogP contribution in [0.2, 0.25) is 0 Å². The fourth-order valence-electron chi connectivity index (χ4n) is 0.647. The second kappa shape index (κ2) is 4.55. The summed E-state index contributed by atoms with van der Waals surface area (Å²) >= 11 is 0. The van der Waals surface area contributed by atoms with Gasteiger partial charge in [0, 0.05) is 7.92 Å². The third-order valence-electron chi connectivity index (χ3n) is 1.88. The van der Waals surface area contributed by atoms with Crippen LogP contribution in [0.5, 0.6) is 0 Å². The average Bonchev–Trinajstić information content (AvgIpc) is 2.02. The van der Waals surface area contributed by atoms with Gasteiger partial charge >= 0.3 is 0 Å². The summed E-state index contributed by atoms with van der Waals surface area (Å²) in [4.78, 5) is 0. The van der Waals surface area contributed by atoms with Gasteiger partial charge in [0.1, 0.15) is 0 Å². The fourth-order valence-corrected chi connectivity index (χ4v) is 0.647. The number of rotatable bonds is 4.